The summed E-state index contributed by atoms with van der Waals surface area (Å²) in [5, 5.41) is 1.39. The first kappa shape index (κ1) is 10.2. The summed E-state index contributed by atoms with van der Waals surface area (Å²) in [7, 11) is 2.12. The van der Waals surface area contributed by atoms with Crippen molar-refractivity contribution in [1.29, 1.82) is 0 Å². The Labute approximate surface area is 90.7 Å². The first-order chi connectivity index (χ1) is 7.16. The minimum atomic E-state index is 0.717. The summed E-state index contributed by atoms with van der Waals surface area (Å²) in [6.07, 6.45) is 0.966. The Bertz CT molecular complexity index is 495. The van der Waals surface area contributed by atoms with E-state index in [0.29, 0.717) is 6.54 Å². The number of benzene rings is 1. The van der Waals surface area contributed by atoms with Gasteiger partial charge >= 0.3 is 0 Å². The highest BCUT2D eigenvalue weighted by Gasteiger charge is 2.12. The van der Waals surface area contributed by atoms with Crippen LogP contribution in [0.25, 0.3) is 10.9 Å². The highest BCUT2D eigenvalue weighted by Crippen LogP contribution is 2.27. The summed E-state index contributed by atoms with van der Waals surface area (Å²) in [4.78, 5) is 0. The molecule has 0 amide bonds. The SMILES string of the molecule is Cc1cccc2c1c(CCN)c(C)n2C. The molecule has 0 aliphatic carbocycles. The predicted octanol–water partition coefficient (Wildman–Crippen LogP) is 2.30. The lowest BCUT2D eigenvalue weighted by molar-refractivity contribution is 0.882. The Morgan fingerprint density at radius 3 is 2.67 bits per heavy atom. The normalized spacial score (nSPS) is 11.2. The smallest absolute Gasteiger partial charge is 0.0485 e. The Morgan fingerprint density at radius 1 is 1.27 bits per heavy atom. The summed E-state index contributed by atoms with van der Waals surface area (Å²) >= 11 is 0. The van der Waals surface area contributed by atoms with Crippen molar-refractivity contribution < 1.29 is 0 Å². The number of hydrogen-bond donors (Lipinski definition) is 1. The number of aryl methyl sites for hydroxylation is 2. The molecule has 0 atom stereocenters. The van der Waals surface area contributed by atoms with Crippen LogP contribution in [0.15, 0.2) is 18.2 Å². The van der Waals surface area contributed by atoms with Crippen molar-refractivity contribution >= 4 is 10.9 Å². The van der Waals surface area contributed by atoms with Gasteiger partial charge in [-0.25, -0.2) is 0 Å². The van der Waals surface area contributed by atoms with Gasteiger partial charge in [0.15, 0.2) is 0 Å². The minimum Gasteiger partial charge on any atom is -0.348 e. The minimum absolute atomic E-state index is 0.717. The highest BCUT2D eigenvalue weighted by molar-refractivity contribution is 5.88. The Hall–Kier alpha value is -1.28. The maximum Gasteiger partial charge on any atom is 0.0485 e. The fourth-order valence-electron chi connectivity index (χ4n) is 2.34. The second kappa shape index (κ2) is 3.70. The molecule has 1 heterocycles. The van der Waals surface area contributed by atoms with Gasteiger partial charge < -0.3 is 10.3 Å². The van der Waals surface area contributed by atoms with Crippen LogP contribution in [-0.2, 0) is 13.5 Å². The zero-order valence-electron chi connectivity index (χ0n) is 9.67. The fraction of sp³-hybridized carbons (Fsp3) is 0.385. The van der Waals surface area contributed by atoms with E-state index in [-0.39, 0.29) is 0 Å². The van der Waals surface area contributed by atoms with Gasteiger partial charge in [-0.3, -0.25) is 0 Å². The largest absolute Gasteiger partial charge is 0.348 e. The molecule has 0 saturated carbocycles. The van der Waals surface area contributed by atoms with Gasteiger partial charge in [0.25, 0.3) is 0 Å². The van der Waals surface area contributed by atoms with Gasteiger partial charge in [-0.15, -0.1) is 0 Å². The van der Waals surface area contributed by atoms with Crippen molar-refractivity contribution in [2.45, 2.75) is 20.3 Å². The van der Waals surface area contributed by atoms with Crippen molar-refractivity contribution in [3.63, 3.8) is 0 Å². The third-order valence-electron chi connectivity index (χ3n) is 3.25. The van der Waals surface area contributed by atoms with Crippen LogP contribution in [0.2, 0.25) is 0 Å². The Morgan fingerprint density at radius 2 is 2.00 bits per heavy atom. The third kappa shape index (κ3) is 1.45. The zero-order chi connectivity index (χ0) is 11.0. The maximum atomic E-state index is 5.67. The highest BCUT2D eigenvalue weighted by atomic mass is 14.9. The summed E-state index contributed by atoms with van der Waals surface area (Å²) < 4.78 is 2.26. The molecular weight excluding hydrogens is 184 g/mol. The van der Waals surface area contributed by atoms with Crippen molar-refractivity contribution in [3.05, 3.63) is 35.0 Å². The van der Waals surface area contributed by atoms with E-state index < -0.39 is 0 Å². The van der Waals surface area contributed by atoms with Gasteiger partial charge in [0.1, 0.15) is 0 Å². The molecule has 0 fully saturated rings. The number of nitrogens with zero attached hydrogens (tertiary/aromatic N) is 1. The van der Waals surface area contributed by atoms with Gasteiger partial charge in [0.05, 0.1) is 0 Å². The van der Waals surface area contributed by atoms with Crippen molar-refractivity contribution in [2.24, 2.45) is 12.8 Å². The number of hydrogen-bond acceptors (Lipinski definition) is 1. The van der Waals surface area contributed by atoms with Crippen LogP contribution < -0.4 is 5.73 Å². The quantitative estimate of drug-likeness (QED) is 0.796. The van der Waals surface area contributed by atoms with E-state index in [0.717, 1.165) is 6.42 Å². The lowest BCUT2D eigenvalue weighted by Crippen LogP contribution is -2.04. The van der Waals surface area contributed by atoms with E-state index in [2.05, 4.69) is 43.7 Å². The van der Waals surface area contributed by atoms with Gasteiger partial charge in [-0.2, -0.15) is 0 Å². The van der Waals surface area contributed by atoms with E-state index >= 15 is 0 Å². The molecule has 0 aliphatic rings. The zero-order valence-corrected chi connectivity index (χ0v) is 9.67. The first-order valence-electron chi connectivity index (χ1n) is 5.40. The molecule has 1 aromatic carbocycles. The van der Waals surface area contributed by atoms with Gasteiger partial charge in [-0.1, -0.05) is 12.1 Å². The number of aromatic nitrogens is 1. The van der Waals surface area contributed by atoms with E-state index in [9.17, 15) is 0 Å². The number of nitrogens with two attached hydrogens (primary N) is 1. The van der Waals surface area contributed by atoms with E-state index in [1.54, 1.807) is 0 Å². The lowest BCUT2D eigenvalue weighted by atomic mass is 10.0. The summed E-state index contributed by atoms with van der Waals surface area (Å²) in [5.74, 6) is 0. The van der Waals surface area contributed by atoms with Crippen LogP contribution in [0.3, 0.4) is 0 Å². The summed E-state index contributed by atoms with van der Waals surface area (Å²) in [6.45, 7) is 5.06. The molecule has 0 saturated heterocycles. The molecule has 80 valence electrons. The van der Waals surface area contributed by atoms with Crippen molar-refractivity contribution in [1.82, 2.24) is 4.57 Å². The maximum absolute atomic E-state index is 5.67. The molecule has 2 aromatic rings. The van der Waals surface area contributed by atoms with Crippen LogP contribution in [0.4, 0.5) is 0 Å². The monoisotopic (exact) mass is 202 g/mol. The van der Waals surface area contributed by atoms with Crippen LogP contribution in [0, 0.1) is 13.8 Å². The van der Waals surface area contributed by atoms with Gasteiger partial charge in [0.2, 0.25) is 0 Å². The van der Waals surface area contributed by atoms with Crippen LogP contribution >= 0.6 is 0 Å². The van der Waals surface area contributed by atoms with E-state index in [4.69, 9.17) is 5.73 Å². The standard InChI is InChI=1S/C13H18N2/c1-9-5-4-6-12-13(9)11(7-8-14)10(2)15(12)3/h4-6H,7-8,14H2,1-3H3. The van der Waals surface area contributed by atoms with E-state index in [1.165, 1.54) is 27.7 Å². The molecule has 2 rings (SSSR count). The molecular formula is C13H18N2. The second-order valence-corrected chi connectivity index (χ2v) is 4.13. The average molecular weight is 202 g/mol. The molecule has 0 radical (unpaired) electrons. The topological polar surface area (TPSA) is 30.9 Å². The predicted molar refractivity (Wildman–Crippen MR) is 65.2 cm³/mol. The molecule has 2 N–H and O–H groups in total. The molecule has 0 aliphatic heterocycles. The molecule has 15 heavy (non-hydrogen) atoms. The second-order valence-electron chi connectivity index (χ2n) is 4.13. The molecule has 1 aromatic heterocycles. The number of fused-ring (bicyclic) bond motifs is 1. The Balaban J connectivity index is 2.82. The fourth-order valence-corrected chi connectivity index (χ4v) is 2.34. The summed E-state index contributed by atoms with van der Waals surface area (Å²) in [6, 6.07) is 6.46. The van der Waals surface area contributed by atoms with Crippen LogP contribution in [0.1, 0.15) is 16.8 Å². The average Bonchev–Trinajstić information content (AvgIpc) is 2.46. The van der Waals surface area contributed by atoms with Crippen molar-refractivity contribution in [2.75, 3.05) is 6.54 Å². The number of rotatable bonds is 2. The molecule has 0 bridgehead atoms. The molecule has 0 unspecified atom stereocenters. The lowest BCUT2D eigenvalue weighted by Gasteiger charge is -2.00. The third-order valence-corrected chi connectivity index (χ3v) is 3.25. The first-order valence-corrected chi connectivity index (χ1v) is 5.40. The molecule has 2 nitrogen and oxygen atoms in total. The van der Waals surface area contributed by atoms with Crippen LogP contribution in [-0.4, -0.2) is 11.1 Å². The summed E-state index contributed by atoms with van der Waals surface area (Å²) in [5.41, 5.74) is 11.1. The van der Waals surface area contributed by atoms with E-state index in [1.807, 2.05) is 0 Å². The molecule has 2 heteroatoms. The van der Waals surface area contributed by atoms with Crippen LogP contribution in [0.5, 0.6) is 0 Å². The van der Waals surface area contributed by atoms with Crippen molar-refractivity contribution in [3.8, 4) is 0 Å². The molecule has 0 spiro atoms. The van der Waals surface area contributed by atoms with Gasteiger partial charge in [0, 0.05) is 23.6 Å². The van der Waals surface area contributed by atoms with Gasteiger partial charge in [-0.05, 0) is 44.0 Å². The Kier molecular flexibility index (Phi) is 2.53.